The van der Waals surface area contributed by atoms with E-state index in [9.17, 15) is 0 Å². The molecule has 1 N–H and O–H groups in total. The average molecular weight is 255 g/mol. The van der Waals surface area contributed by atoms with E-state index < -0.39 is 0 Å². The molecule has 106 valence electrons. The van der Waals surface area contributed by atoms with Crippen LogP contribution in [0.4, 0.5) is 0 Å². The maximum atomic E-state index is 6.12. The van der Waals surface area contributed by atoms with Crippen molar-refractivity contribution in [3.05, 3.63) is 0 Å². The smallest absolute Gasteiger partial charge is 0.0729 e. The van der Waals surface area contributed by atoms with Crippen molar-refractivity contribution < 1.29 is 9.47 Å². The number of hydrogen-bond donors (Lipinski definition) is 1. The van der Waals surface area contributed by atoms with Crippen molar-refractivity contribution in [2.45, 2.75) is 51.6 Å². The molecule has 2 fully saturated rings. The monoisotopic (exact) mass is 255 g/mol. The van der Waals surface area contributed by atoms with Crippen LogP contribution >= 0.6 is 0 Å². The Morgan fingerprint density at radius 2 is 2.06 bits per heavy atom. The topological polar surface area (TPSA) is 30.5 Å². The van der Waals surface area contributed by atoms with Gasteiger partial charge in [0, 0.05) is 19.8 Å². The van der Waals surface area contributed by atoms with Gasteiger partial charge in [0.1, 0.15) is 0 Å². The Bertz CT molecular complexity index is 233. The van der Waals surface area contributed by atoms with Crippen molar-refractivity contribution in [2.75, 3.05) is 32.9 Å². The summed E-state index contributed by atoms with van der Waals surface area (Å²) in [5, 5.41) is 3.44. The second-order valence-corrected chi connectivity index (χ2v) is 6.02. The number of rotatable bonds is 5. The molecule has 2 saturated heterocycles. The van der Waals surface area contributed by atoms with Crippen molar-refractivity contribution in [3.63, 3.8) is 0 Å². The molecule has 3 nitrogen and oxygen atoms in total. The molecule has 2 unspecified atom stereocenters. The van der Waals surface area contributed by atoms with E-state index in [1.165, 1.54) is 19.3 Å². The fourth-order valence-corrected chi connectivity index (χ4v) is 3.39. The van der Waals surface area contributed by atoms with E-state index in [1.807, 2.05) is 0 Å². The fourth-order valence-electron chi connectivity index (χ4n) is 3.39. The molecule has 3 heteroatoms. The van der Waals surface area contributed by atoms with Crippen molar-refractivity contribution in [1.82, 2.24) is 5.32 Å². The first-order valence-electron chi connectivity index (χ1n) is 7.68. The molecule has 0 radical (unpaired) electrons. The summed E-state index contributed by atoms with van der Waals surface area (Å²) in [5.74, 6) is 1.66. The second-order valence-electron chi connectivity index (χ2n) is 6.02. The van der Waals surface area contributed by atoms with Crippen molar-refractivity contribution >= 4 is 0 Å². The molecule has 2 aliphatic rings. The Hall–Kier alpha value is -0.120. The van der Waals surface area contributed by atoms with E-state index in [2.05, 4.69) is 19.2 Å². The molecule has 0 bridgehead atoms. The Morgan fingerprint density at radius 3 is 2.78 bits per heavy atom. The molecule has 0 aromatic heterocycles. The van der Waals surface area contributed by atoms with Gasteiger partial charge in [-0.2, -0.15) is 0 Å². The Labute approximate surface area is 112 Å². The SMILES string of the molecule is CCNCCC(C)C1CCOC2(CCOCC2)C1. The number of ether oxygens (including phenoxy) is 2. The Morgan fingerprint density at radius 1 is 1.28 bits per heavy atom. The van der Waals surface area contributed by atoms with E-state index in [0.29, 0.717) is 0 Å². The predicted molar refractivity (Wildman–Crippen MR) is 73.8 cm³/mol. The third kappa shape index (κ3) is 3.69. The van der Waals surface area contributed by atoms with Gasteiger partial charge in [0.15, 0.2) is 0 Å². The molecule has 2 atom stereocenters. The van der Waals surface area contributed by atoms with Crippen molar-refractivity contribution in [1.29, 1.82) is 0 Å². The highest BCUT2D eigenvalue weighted by Gasteiger charge is 2.40. The second kappa shape index (κ2) is 6.88. The molecule has 0 aromatic carbocycles. The van der Waals surface area contributed by atoms with Crippen LogP contribution in [0.2, 0.25) is 0 Å². The third-order valence-corrected chi connectivity index (χ3v) is 4.77. The summed E-state index contributed by atoms with van der Waals surface area (Å²) in [7, 11) is 0. The van der Waals surface area contributed by atoms with Crippen LogP contribution in [0.15, 0.2) is 0 Å². The summed E-state index contributed by atoms with van der Waals surface area (Å²) < 4.78 is 11.6. The maximum Gasteiger partial charge on any atom is 0.0729 e. The predicted octanol–water partition coefficient (Wildman–Crippen LogP) is 2.60. The van der Waals surface area contributed by atoms with Gasteiger partial charge in [0.25, 0.3) is 0 Å². The van der Waals surface area contributed by atoms with Gasteiger partial charge in [-0.05, 0) is 57.0 Å². The minimum absolute atomic E-state index is 0.160. The first kappa shape index (κ1) is 14.3. The summed E-state index contributed by atoms with van der Waals surface area (Å²) in [6.07, 6.45) is 6.00. The lowest BCUT2D eigenvalue weighted by Gasteiger charge is -2.45. The third-order valence-electron chi connectivity index (χ3n) is 4.77. The number of hydrogen-bond acceptors (Lipinski definition) is 3. The summed E-state index contributed by atoms with van der Waals surface area (Å²) in [6, 6.07) is 0. The molecule has 0 aliphatic carbocycles. The highest BCUT2D eigenvalue weighted by Crippen LogP contribution is 2.40. The van der Waals surface area contributed by atoms with Gasteiger partial charge in [0.05, 0.1) is 5.60 Å². The number of nitrogens with one attached hydrogen (secondary N) is 1. The van der Waals surface area contributed by atoms with E-state index in [0.717, 1.165) is 57.6 Å². The standard InChI is InChI=1S/C15H29NO2/c1-3-16-8-4-13(2)14-5-9-18-15(12-14)6-10-17-11-7-15/h13-14,16H,3-12H2,1-2H3. The summed E-state index contributed by atoms with van der Waals surface area (Å²) in [5.41, 5.74) is 0.160. The normalized spacial score (nSPS) is 29.3. The van der Waals surface area contributed by atoms with Gasteiger partial charge in [-0.25, -0.2) is 0 Å². The van der Waals surface area contributed by atoms with Gasteiger partial charge in [-0.3, -0.25) is 0 Å². The van der Waals surface area contributed by atoms with E-state index in [-0.39, 0.29) is 5.60 Å². The van der Waals surface area contributed by atoms with Gasteiger partial charge in [-0.15, -0.1) is 0 Å². The molecule has 2 rings (SSSR count). The minimum Gasteiger partial charge on any atom is -0.381 e. The fraction of sp³-hybridized carbons (Fsp3) is 1.00. The summed E-state index contributed by atoms with van der Waals surface area (Å²) >= 11 is 0. The van der Waals surface area contributed by atoms with Gasteiger partial charge in [-0.1, -0.05) is 13.8 Å². The molecule has 2 aliphatic heterocycles. The molecule has 1 spiro atoms. The van der Waals surface area contributed by atoms with E-state index in [4.69, 9.17) is 9.47 Å². The zero-order valence-electron chi connectivity index (χ0n) is 12.0. The van der Waals surface area contributed by atoms with Crippen molar-refractivity contribution in [3.8, 4) is 0 Å². The van der Waals surface area contributed by atoms with Gasteiger partial charge < -0.3 is 14.8 Å². The largest absolute Gasteiger partial charge is 0.381 e. The van der Waals surface area contributed by atoms with Crippen LogP contribution in [-0.4, -0.2) is 38.5 Å². The maximum absolute atomic E-state index is 6.12. The lowest BCUT2D eigenvalue weighted by molar-refractivity contribution is -0.152. The molecule has 0 saturated carbocycles. The average Bonchev–Trinajstić information content (AvgIpc) is 2.40. The van der Waals surface area contributed by atoms with Crippen molar-refractivity contribution in [2.24, 2.45) is 11.8 Å². The minimum atomic E-state index is 0.160. The van der Waals surface area contributed by atoms with E-state index >= 15 is 0 Å². The highest BCUT2D eigenvalue weighted by molar-refractivity contribution is 4.90. The zero-order valence-corrected chi connectivity index (χ0v) is 12.0. The molecular weight excluding hydrogens is 226 g/mol. The van der Waals surface area contributed by atoms with Crippen LogP contribution in [0.25, 0.3) is 0 Å². The van der Waals surface area contributed by atoms with E-state index in [1.54, 1.807) is 0 Å². The van der Waals surface area contributed by atoms with Crippen LogP contribution in [0.5, 0.6) is 0 Å². The van der Waals surface area contributed by atoms with Gasteiger partial charge >= 0.3 is 0 Å². The molecule has 18 heavy (non-hydrogen) atoms. The van der Waals surface area contributed by atoms with Crippen LogP contribution in [-0.2, 0) is 9.47 Å². The Kier molecular flexibility index (Phi) is 5.46. The first-order valence-corrected chi connectivity index (χ1v) is 7.68. The Balaban J connectivity index is 1.81. The molecule has 2 heterocycles. The lowest BCUT2D eigenvalue weighted by Crippen LogP contribution is -2.45. The first-order chi connectivity index (χ1) is 8.76. The summed E-state index contributed by atoms with van der Waals surface area (Å²) in [6.45, 7) is 9.57. The zero-order chi connectivity index (χ0) is 12.8. The van der Waals surface area contributed by atoms with Crippen LogP contribution in [0, 0.1) is 11.8 Å². The van der Waals surface area contributed by atoms with Crippen LogP contribution in [0.1, 0.15) is 46.0 Å². The molecular formula is C15H29NO2. The quantitative estimate of drug-likeness (QED) is 0.766. The summed E-state index contributed by atoms with van der Waals surface area (Å²) in [4.78, 5) is 0. The van der Waals surface area contributed by atoms with Crippen LogP contribution < -0.4 is 5.32 Å². The highest BCUT2D eigenvalue weighted by atomic mass is 16.5. The van der Waals surface area contributed by atoms with Gasteiger partial charge in [0.2, 0.25) is 0 Å². The molecule has 0 amide bonds. The molecule has 0 aromatic rings. The van der Waals surface area contributed by atoms with Crippen LogP contribution in [0.3, 0.4) is 0 Å². The lowest BCUT2D eigenvalue weighted by atomic mass is 9.75.